The summed E-state index contributed by atoms with van der Waals surface area (Å²) < 4.78 is 13.5. The number of nitrogens with one attached hydrogen (secondary N) is 1. The van der Waals surface area contributed by atoms with Crippen LogP contribution in [0.5, 0.6) is 0 Å². The molecule has 0 aliphatic heterocycles. The maximum Gasteiger partial charge on any atom is 0.127 e. The predicted octanol–water partition coefficient (Wildman–Crippen LogP) is 3.98. The highest BCUT2D eigenvalue weighted by Crippen LogP contribution is 2.14. The highest BCUT2D eigenvalue weighted by atomic mass is 19.1. The van der Waals surface area contributed by atoms with Gasteiger partial charge < -0.3 is 5.32 Å². The molecule has 0 saturated heterocycles. The van der Waals surface area contributed by atoms with Gasteiger partial charge in [0.25, 0.3) is 0 Å². The van der Waals surface area contributed by atoms with Crippen LogP contribution in [0.4, 0.5) is 4.39 Å². The van der Waals surface area contributed by atoms with Gasteiger partial charge in [-0.2, -0.15) is 0 Å². The molecule has 0 saturated carbocycles. The summed E-state index contributed by atoms with van der Waals surface area (Å²) in [5.74, 6) is -0.152. The van der Waals surface area contributed by atoms with Crippen molar-refractivity contribution in [3.63, 3.8) is 0 Å². The van der Waals surface area contributed by atoms with Crippen LogP contribution in [0.3, 0.4) is 0 Å². The van der Waals surface area contributed by atoms with Gasteiger partial charge in [-0.05, 0) is 25.5 Å². The molecule has 1 nitrogen and oxygen atoms in total. The molecule has 0 radical (unpaired) electrons. The van der Waals surface area contributed by atoms with Crippen molar-refractivity contribution in [1.82, 2.24) is 5.32 Å². The fourth-order valence-electron chi connectivity index (χ4n) is 1.88. The van der Waals surface area contributed by atoms with E-state index in [0.29, 0.717) is 12.1 Å². The summed E-state index contributed by atoms with van der Waals surface area (Å²) in [5, 5.41) is 3.34. The average Bonchev–Trinajstić information content (AvgIpc) is 2.38. The van der Waals surface area contributed by atoms with Crippen LogP contribution in [-0.4, -0.2) is 0 Å². The standard InChI is InChI=1S/C16H18FN/c1-12-7-9-14(10-8-12)13(2)18-11-15-5-3-4-6-16(15)17/h3-10,13,18H,11H2,1-2H3/t13-/m0/s1. The SMILES string of the molecule is Cc1ccc([C@H](C)NCc2ccccc2F)cc1. The summed E-state index contributed by atoms with van der Waals surface area (Å²) in [6.07, 6.45) is 0. The molecule has 0 bridgehead atoms. The Balaban J connectivity index is 1.98. The topological polar surface area (TPSA) is 12.0 Å². The number of benzene rings is 2. The molecule has 94 valence electrons. The first-order valence-electron chi connectivity index (χ1n) is 6.20. The first kappa shape index (κ1) is 12.8. The summed E-state index contributed by atoms with van der Waals surface area (Å²) >= 11 is 0. The molecule has 1 atom stereocenters. The van der Waals surface area contributed by atoms with E-state index in [1.807, 2.05) is 12.1 Å². The van der Waals surface area contributed by atoms with Gasteiger partial charge in [-0.15, -0.1) is 0 Å². The maximum absolute atomic E-state index is 13.5. The van der Waals surface area contributed by atoms with Crippen LogP contribution in [0.15, 0.2) is 48.5 Å². The van der Waals surface area contributed by atoms with Gasteiger partial charge in [0.1, 0.15) is 5.82 Å². The Morgan fingerprint density at radius 1 is 1.06 bits per heavy atom. The molecule has 0 aromatic heterocycles. The Kier molecular flexibility index (Phi) is 4.11. The molecule has 2 heteroatoms. The molecule has 0 amide bonds. The maximum atomic E-state index is 13.5. The van der Waals surface area contributed by atoms with Crippen molar-refractivity contribution in [2.45, 2.75) is 26.4 Å². The molecule has 0 aliphatic carbocycles. The molecule has 0 aliphatic rings. The van der Waals surface area contributed by atoms with E-state index in [1.165, 1.54) is 17.2 Å². The number of rotatable bonds is 4. The van der Waals surface area contributed by atoms with E-state index in [0.717, 1.165) is 0 Å². The number of hydrogen-bond donors (Lipinski definition) is 1. The largest absolute Gasteiger partial charge is 0.306 e. The van der Waals surface area contributed by atoms with Crippen molar-refractivity contribution in [1.29, 1.82) is 0 Å². The van der Waals surface area contributed by atoms with Crippen LogP contribution < -0.4 is 5.32 Å². The zero-order valence-electron chi connectivity index (χ0n) is 10.8. The lowest BCUT2D eigenvalue weighted by molar-refractivity contribution is 0.544. The monoisotopic (exact) mass is 243 g/mol. The van der Waals surface area contributed by atoms with Crippen LogP contribution in [-0.2, 0) is 6.54 Å². The predicted molar refractivity (Wildman–Crippen MR) is 72.8 cm³/mol. The number of hydrogen-bond acceptors (Lipinski definition) is 1. The van der Waals surface area contributed by atoms with E-state index in [-0.39, 0.29) is 11.9 Å². The third-order valence-electron chi connectivity index (χ3n) is 3.13. The summed E-state index contributed by atoms with van der Waals surface area (Å²) in [4.78, 5) is 0. The van der Waals surface area contributed by atoms with Crippen LogP contribution in [0.25, 0.3) is 0 Å². The van der Waals surface area contributed by atoms with E-state index in [9.17, 15) is 4.39 Å². The molecule has 2 aromatic carbocycles. The molecule has 2 aromatic rings. The molecular formula is C16H18FN. The van der Waals surface area contributed by atoms with Crippen LogP contribution in [0.2, 0.25) is 0 Å². The Morgan fingerprint density at radius 3 is 2.39 bits per heavy atom. The summed E-state index contributed by atoms with van der Waals surface area (Å²) in [6, 6.07) is 15.5. The molecule has 2 rings (SSSR count). The quantitative estimate of drug-likeness (QED) is 0.856. The van der Waals surface area contributed by atoms with Gasteiger partial charge in [0.05, 0.1) is 0 Å². The van der Waals surface area contributed by atoms with Crippen molar-refractivity contribution < 1.29 is 4.39 Å². The van der Waals surface area contributed by atoms with Gasteiger partial charge in [0, 0.05) is 18.2 Å². The molecule has 0 fully saturated rings. The van der Waals surface area contributed by atoms with E-state index < -0.39 is 0 Å². The first-order chi connectivity index (χ1) is 8.66. The minimum Gasteiger partial charge on any atom is -0.306 e. The summed E-state index contributed by atoms with van der Waals surface area (Å²) in [5.41, 5.74) is 3.17. The van der Waals surface area contributed by atoms with Gasteiger partial charge in [-0.1, -0.05) is 48.0 Å². The van der Waals surface area contributed by atoms with Gasteiger partial charge in [-0.25, -0.2) is 4.39 Å². The minimum absolute atomic E-state index is 0.152. The molecular weight excluding hydrogens is 225 g/mol. The van der Waals surface area contributed by atoms with Crippen molar-refractivity contribution >= 4 is 0 Å². The number of halogens is 1. The van der Waals surface area contributed by atoms with Gasteiger partial charge in [0.15, 0.2) is 0 Å². The lowest BCUT2D eigenvalue weighted by Crippen LogP contribution is -2.18. The fourth-order valence-corrected chi connectivity index (χ4v) is 1.88. The summed E-state index contributed by atoms with van der Waals surface area (Å²) in [7, 11) is 0. The second-order valence-corrected chi connectivity index (χ2v) is 4.60. The van der Waals surface area contributed by atoms with Crippen LogP contribution in [0, 0.1) is 12.7 Å². The molecule has 0 spiro atoms. The Hall–Kier alpha value is -1.67. The van der Waals surface area contributed by atoms with Crippen molar-refractivity contribution in [2.75, 3.05) is 0 Å². The van der Waals surface area contributed by atoms with Gasteiger partial charge in [0.2, 0.25) is 0 Å². The molecule has 0 unspecified atom stereocenters. The van der Waals surface area contributed by atoms with Crippen molar-refractivity contribution in [3.8, 4) is 0 Å². The Morgan fingerprint density at radius 2 is 1.72 bits per heavy atom. The minimum atomic E-state index is -0.152. The van der Waals surface area contributed by atoms with E-state index >= 15 is 0 Å². The smallest absolute Gasteiger partial charge is 0.127 e. The zero-order valence-corrected chi connectivity index (χ0v) is 10.8. The summed E-state index contributed by atoms with van der Waals surface area (Å²) in [6.45, 7) is 4.70. The van der Waals surface area contributed by atoms with Gasteiger partial charge in [-0.3, -0.25) is 0 Å². The second kappa shape index (κ2) is 5.78. The third-order valence-corrected chi connectivity index (χ3v) is 3.13. The lowest BCUT2D eigenvalue weighted by Gasteiger charge is -2.14. The molecule has 18 heavy (non-hydrogen) atoms. The van der Waals surface area contributed by atoms with Crippen LogP contribution >= 0.6 is 0 Å². The third kappa shape index (κ3) is 3.17. The Bertz CT molecular complexity index is 505. The van der Waals surface area contributed by atoms with E-state index in [1.54, 1.807) is 6.07 Å². The molecule has 1 N–H and O–H groups in total. The van der Waals surface area contributed by atoms with Crippen molar-refractivity contribution in [3.05, 3.63) is 71.0 Å². The second-order valence-electron chi connectivity index (χ2n) is 4.60. The van der Waals surface area contributed by atoms with Crippen molar-refractivity contribution in [2.24, 2.45) is 0 Å². The number of aryl methyl sites for hydroxylation is 1. The van der Waals surface area contributed by atoms with Gasteiger partial charge >= 0.3 is 0 Å². The zero-order chi connectivity index (χ0) is 13.0. The highest BCUT2D eigenvalue weighted by molar-refractivity contribution is 5.24. The average molecular weight is 243 g/mol. The molecule has 0 heterocycles. The van der Waals surface area contributed by atoms with E-state index in [4.69, 9.17) is 0 Å². The first-order valence-corrected chi connectivity index (χ1v) is 6.20. The normalized spacial score (nSPS) is 12.4. The lowest BCUT2D eigenvalue weighted by atomic mass is 10.1. The highest BCUT2D eigenvalue weighted by Gasteiger charge is 2.06. The van der Waals surface area contributed by atoms with Crippen LogP contribution in [0.1, 0.15) is 29.7 Å². The Labute approximate surface area is 108 Å². The van der Waals surface area contributed by atoms with E-state index in [2.05, 4.69) is 43.4 Å². The fraction of sp³-hybridized carbons (Fsp3) is 0.250.